The van der Waals surface area contributed by atoms with Crippen molar-refractivity contribution in [3.63, 3.8) is 0 Å². The number of aromatic nitrogens is 2. The maximum absolute atomic E-state index is 11.6. The van der Waals surface area contributed by atoms with Gasteiger partial charge in [-0.15, -0.1) is 0 Å². The maximum Gasteiger partial charge on any atom is 0.360 e. The summed E-state index contributed by atoms with van der Waals surface area (Å²) < 4.78 is 6.69. The molecular formula is C15H19N3O2. The van der Waals surface area contributed by atoms with Gasteiger partial charge >= 0.3 is 5.97 Å². The number of imidazole rings is 1. The number of carbonyl (C=O) groups excluding carboxylic acids is 1. The van der Waals surface area contributed by atoms with Crippen molar-refractivity contribution in [1.82, 2.24) is 9.55 Å². The van der Waals surface area contributed by atoms with Crippen LogP contribution in [0.25, 0.3) is 0 Å². The van der Waals surface area contributed by atoms with E-state index < -0.39 is 5.97 Å². The molecule has 0 fully saturated rings. The summed E-state index contributed by atoms with van der Waals surface area (Å²) in [6, 6.07) is 10.3. The van der Waals surface area contributed by atoms with Gasteiger partial charge < -0.3 is 15.0 Å². The van der Waals surface area contributed by atoms with Crippen LogP contribution in [0, 0.1) is 0 Å². The van der Waals surface area contributed by atoms with Crippen LogP contribution in [0.5, 0.6) is 0 Å². The molecule has 2 aromatic rings. The highest BCUT2D eigenvalue weighted by Gasteiger charge is 2.16. The zero-order valence-corrected chi connectivity index (χ0v) is 11.6. The van der Waals surface area contributed by atoms with Gasteiger partial charge in [0, 0.05) is 6.54 Å². The van der Waals surface area contributed by atoms with Crippen LogP contribution in [0.3, 0.4) is 0 Å². The van der Waals surface area contributed by atoms with Crippen LogP contribution < -0.4 is 5.73 Å². The predicted octanol–water partition coefficient (Wildman–Crippen LogP) is 2.27. The molecule has 1 aromatic heterocycles. The van der Waals surface area contributed by atoms with E-state index in [-0.39, 0.29) is 5.69 Å². The second-order valence-corrected chi connectivity index (χ2v) is 4.48. The van der Waals surface area contributed by atoms with E-state index in [1.54, 1.807) is 17.8 Å². The lowest BCUT2D eigenvalue weighted by Crippen LogP contribution is -2.10. The highest BCUT2D eigenvalue weighted by molar-refractivity contribution is 5.92. The number of rotatable bonds is 6. The third kappa shape index (κ3) is 3.38. The molecule has 2 N–H and O–H groups in total. The third-order valence-corrected chi connectivity index (χ3v) is 3.05. The highest BCUT2D eigenvalue weighted by atomic mass is 16.5. The summed E-state index contributed by atoms with van der Waals surface area (Å²) in [4.78, 5) is 15.6. The molecule has 0 saturated heterocycles. The van der Waals surface area contributed by atoms with Gasteiger partial charge in [0.25, 0.3) is 0 Å². The summed E-state index contributed by atoms with van der Waals surface area (Å²) in [6.45, 7) is 2.80. The molecule has 0 radical (unpaired) electrons. The molecule has 106 valence electrons. The molecule has 1 heterocycles. The molecule has 2 rings (SSSR count). The number of nitrogen functional groups attached to an aromatic ring is 1. The molecule has 0 aliphatic heterocycles. The quantitative estimate of drug-likeness (QED) is 0.820. The van der Waals surface area contributed by atoms with Crippen LogP contribution >= 0.6 is 0 Å². The van der Waals surface area contributed by atoms with E-state index in [4.69, 9.17) is 10.5 Å². The first-order chi connectivity index (χ1) is 9.72. The Labute approximate surface area is 118 Å². The van der Waals surface area contributed by atoms with E-state index in [0.29, 0.717) is 12.4 Å². The summed E-state index contributed by atoms with van der Waals surface area (Å²) in [6.07, 6.45) is 3.49. The normalized spacial score (nSPS) is 10.4. The van der Waals surface area contributed by atoms with Gasteiger partial charge in [-0.3, -0.25) is 0 Å². The molecule has 1 aromatic carbocycles. The molecule has 0 spiro atoms. The average Bonchev–Trinajstić information content (AvgIpc) is 2.82. The van der Waals surface area contributed by atoms with Crippen molar-refractivity contribution in [3.8, 4) is 0 Å². The van der Waals surface area contributed by atoms with Crippen LogP contribution in [-0.2, 0) is 17.7 Å². The van der Waals surface area contributed by atoms with Gasteiger partial charge in [-0.1, -0.05) is 30.3 Å². The summed E-state index contributed by atoms with van der Waals surface area (Å²) in [5.41, 5.74) is 7.40. The lowest BCUT2D eigenvalue weighted by atomic mass is 10.1. The van der Waals surface area contributed by atoms with Crippen LogP contribution in [0.15, 0.2) is 36.7 Å². The number of hydrogen-bond acceptors (Lipinski definition) is 4. The van der Waals surface area contributed by atoms with E-state index in [0.717, 1.165) is 19.4 Å². The van der Waals surface area contributed by atoms with Crippen molar-refractivity contribution in [2.75, 3.05) is 12.3 Å². The number of benzene rings is 1. The SMILES string of the molecule is CCOC(=O)c1ncn(CCCc2ccccc2)c1N. The first kappa shape index (κ1) is 14.1. The fourth-order valence-electron chi connectivity index (χ4n) is 2.02. The Bertz CT molecular complexity index is 564. The zero-order valence-electron chi connectivity index (χ0n) is 11.6. The van der Waals surface area contributed by atoms with Crippen molar-refractivity contribution in [2.24, 2.45) is 0 Å². The van der Waals surface area contributed by atoms with E-state index in [1.807, 2.05) is 18.2 Å². The Morgan fingerprint density at radius 1 is 1.35 bits per heavy atom. The molecule has 0 aliphatic carbocycles. The van der Waals surface area contributed by atoms with Crippen LogP contribution in [0.2, 0.25) is 0 Å². The minimum Gasteiger partial charge on any atom is -0.461 e. The standard InChI is InChI=1S/C15H19N3O2/c1-2-20-15(19)13-14(16)18(11-17-13)10-6-9-12-7-4-3-5-8-12/h3-5,7-8,11H,2,6,9-10,16H2,1H3. The van der Waals surface area contributed by atoms with Gasteiger partial charge in [0.2, 0.25) is 0 Å². The monoisotopic (exact) mass is 273 g/mol. The number of carbonyl (C=O) groups is 1. The fourth-order valence-corrected chi connectivity index (χ4v) is 2.02. The predicted molar refractivity (Wildman–Crippen MR) is 77.4 cm³/mol. The first-order valence-corrected chi connectivity index (χ1v) is 6.74. The molecule has 0 amide bonds. The van der Waals surface area contributed by atoms with Crippen LogP contribution in [-0.4, -0.2) is 22.1 Å². The van der Waals surface area contributed by atoms with Crippen molar-refractivity contribution < 1.29 is 9.53 Å². The van der Waals surface area contributed by atoms with Crippen molar-refractivity contribution >= 4 is 11.8 Å². The molecule has 5 nitrogen and oxygen atoms in total. The minimum absolute atomic E-state index is 0.201. The fraction of sp³-hybridized carbons (Fsp3) is 0.333. The Morgan fingerprint density at radius 2 is 2.10 bits per heavy atom. The second kappa shape index (κ2) is 6.75. The number of nitrogens with two attached hydrogens (primary N) is 1. The summed E-state index contributed by atoms with van der Waals surface area (Å²) in [5, 5.41) is 0. The van der Waals surface area contributed by atoms with Crippen molar-refractivity contribution in [2.45, 2.75) is 26.3 Å². The molecular weight excluding hydrogens is 254 g/mol. The molecule has 20 heavy (non-hydrogen) atoms. The topological polar surface area (TPSA) is 70.1 Å². The number of ether oxygens (including phenoxy) is 1. The first-order valence-electron chi connectivity index (χ1n) is 6.74. The van der Waals surface area contributed by atoms with Gasteiger partial charge in [0.1, 0.15) is 5.82 Å². The summed E-state index contributed by atoms with van der Waals surface area (Å²) in [5.74, 6) is -0.0941. The lowest BCUT2D eigenvalue weighted by Gasteiger charge is -2.06. The van der Waals surface area contributed by atoms with E-state index in [2.05, 4.69) is 17.1 Å². The Kier molecular flexibility index (Phi) is 4.76. The maximum atomic E-state index is 11.6. The number of esters is 1. The number of anilines is 1. The van der Waals surface area contributed by atoms with Gasteiger partial charge in [0.15, 0.2) is 5.69 Å². The summed E-state index contributed by atoms with van der Waals surface area (Å²) >= 11 is 0. The Morgan fingerprint density at radius 3 is 2.80 bits per heavy atom. The number of nitrogens with zero attached hydrogens (tertiary/aromatic N) is 2. The zero-order chi connectivity index (χ0) is 14.4. The molecule has 0 aliphatic rings. The second-order valence-electron chi connectivity index (χ2n) is 4.48. The Hall–Kier alpha value is -2.30. The lowest BCUT2D eigenvalue weighted by molar-refractivity contribution is 0.0521. The molecule has 0 saturated carbocycles. The summed E-state index contributed by atoms with van der Waals surface area (Å²) in [7, 11) is 0. The van der Waals surface area contributed by atoms with E-state index in [1.165, 1.54) is 5.56 Å². The smallest absolute Gasteiger partial charge is 0.360 e. The van der Waals surface area contributed by atoms with Gasteiger partial charge in [-0.25, -0.2) is 9.78 Å². The van der Waals surface area contributed by atoms with E-state index in [9.17, 15) is 4.79 Å². The molecule has 0 unspecified atom stereocenters. The van der Waals surface area contributed by atoms with Crippen molar-refractivity contribution in [3.05, 3.63) is 47.9 Å². The van der Waals surface area contributed by atoms with Gasteiger partial charge in [0.05, 0.1) is 12.9 Å². The molecule has 5 heteroatoms. The number of hydrogen-bond donors (Lipinski definition) is 1. The molecule has 0 atom stereocenters. The number of aryl methyl sites for hydroxylation is 2. The highest BCUT2D eigenvalue weighted by Crippen LogP contribution is 2.13. The van der Waals surface area contributed by atoms with Gasteiger partial charge in [-0.2, -0.15) is 0 Å². The van der Waals surface area contributed by atoms with Crippen LogP contribution in [0.4, 0.5) is 5.82 Å². The van der Waals surface area contributed by atoms with Gasteiger partial charge in [-0.05, 0) is 25.3 Å². The third-order valence-electron chi connectivity index (χ3n) is 3.05. The van der Waals surface area contributed by atoms with Crippen molar-refractivity contribution in [1.29, 1.82) is 0 Å². The van der Waals surface area contributed by atoms with Crippen LogP contribution in [0.1, 0.15) is 29.4 Å². The largest absolute Gasteiger partial charge is 0.461 e. The minimum atomic E-state index is -0.466. The average molecular weight is 273 g/mol. The Balaban J connectivity index is 1.92. The van der Waals surface area contributed by atoms with E-state index >= 15 is 0 Å². The molecule has 0 bridgehead atoms.